The van der Waals surface area contributed by atoms with E-state index in [-0.39, 0.29) is 6.10 Å². The van der Waals surface area contributed by atoms with Crippen molar-refractivity contribution in [3.8, 4) is 0 Å². The molecule has 0 aromatic heterocycles. The van der Waals surface area contributed by atoms with Gasteiger partial charge in [0.2, 0.25) is 0 Å². The molecular weight excluding hydrogens is 312 g/mol. The van der Waals surface area contributed by atoms with Gasteiger partial charge >= 0.3 is 6.16 Å². The number of carbonyl (C=O) groups is 1. The van der Waals surface area contributed by atoms with Gasteiger partial charge in [0.05, 0.1) is 6.61 Å². The molecule has 0 saturated carbocycles. The molecular formula is C22H44O3. The van der Waals surface area contributed by atoms with Gasteiger partial charge in [-0.15, -0.1) is 0 Å². The molecule has 0 radical (unpaired) electrons. The lowest BCUT2D eigenvalue weighted by Gasteiger charge is -2.26. The van der Waals surface area contributed by atoms with Gasteiger partial charge in [0.15, 0.2) is 0 Å². The van der Waals surface area contributed by atoms with Crippen LogP contribution in [0.4, 0.5) is 4.79 Å². The zero-order chi connectivity index (χ0) is 18.9. The van der Waals surface area contributed by atoms with E-state index in [0.717, 1.165) is 38.5 Å². The maximum atomic E-state index is 12.2. The third-order valence-corrected chi connectivity index (χ3v) is 5.30. The van der Waals surface area contributed by atoms with E-state index < -0.39 is 6.16 Å². The minimum atomic E-state index is -0.452. The Morgan fingerprint density at radius 1 is 0.760 bits per heavy atom. The molecule has 150 valence electrons. The van der Waals surface area contributed by atoms with E-state index in [1.807, 2.05) is 0 Å². The van der Waals surface area contributed by atoms with Crippen LogP contribution in [0.25, 0.3) is 0 Å². The number of hydrogen-bond donors (Lipinski definition) is 0. The molecule has 0 amide bonds. The van der Waals surface area contributed by atoms with Crippen molar-refractivity contribution in [2.24, 2.45) is 11.8 Å². The Morgan fingerprint density at radius 3 is 1.96 bits per heavy atom. The van der Waals surface area contributed by atoms with Crippen LogP contribution in [0.5, 0.6) is 0 Å². The second-order valence-corrected chi connectivity index (χ2v) is 7.44. The van der Waals surface area contributed by atoms with Crippen molar-refractivity contribution in [1.29, 1.82) is 0 Å². The maximum absolute atomic E-state index is 12.2. The molecule has 0 heterocycles. The molecule has 0 fully saturated rings. The van der Waals surface area contributed by atoms with Gasteiger partial charge in [-0.05, 0) is 43.9 Å². The molecule has 0 aliphatic carbocycles. The molecule has 3 heteroatoms. The van der Waals surface area contributed by atoms with Crippen LogP contribution in [0.15, 0.2) is 0 Å². The fraction of sp³-hybridized carbons (Fsp3) is 0.955. The predicted octanol–water partition coefficient (Wildman–Crippen LogP) is 7.52. The van der Waals surface area contributed by atoms with E-state index in [1.54, 1.807) is 0 Å². The van der Waals surface area contributed by atoms with Gasteiger partial charge in [0.1, 0.15) is 6.10 Å². The zero-order valence-electron chi connectivity index (χ0n) is 17.6. The number of ether oxygens (including phenoxy) is 2. The van der Waals surface area contributed by atoms with Gasteiger partial charge in [-0.25, -0.2) is 4.79 Å². The fourth-order valence-electron chi connectivity index (χ4n) is 3.35. The van der Waals surface area contributed by atoms with E-state index in [1.165, 1.54) is 38.5 Å². The third-order valence-electron chi connectivity index (χ3n) is 5.30. The van der Waals surface area contributed by atoms with Crippen molar-refractivity contribution in [2.45, 2.75) is 118 Å². The van der Waals surface area contributed by atoms with Crippen LogP contribution >= 0.6 is 0 Å². The Labute approximate surface area is 157 Å². The maximum Gasteiger partial charge on any atom is 0.508 e. The highest BCUT2D eigenvalue weighted by Gasteiger charge is 2.24. The van der Waals surface area contributed by atoms with Gasteiger partial charge in [-0.3, -0.25) is 0 Å². The molecule has 0 aliphatic rings. The molecule has 3 atom stereocenters. The standard InChI is InChI=1S/C22H44O3/c1-6-11-14-17-21(20(10-5)16-13-8-3)25-22(23)24-18-19(9-4)15-12-7-2/h19-21H,6-18H2,1-5H3. The Kier molecular flexibility index (Phi) is 16.2. The summed E-state index contributed by atoms with van der Waals surface area (Å²) < 4.78 is 11.3. The summed E-state index contributed by atoms with van der Waals surface area (Å²) in [5.74, 6) is 0.930. The summed E-state index contributed by atoms with van der Waals surface area (Å²) >= 11 is 0. The quantitative estimate of drug-likeness (QED) is 0.212. The highest BCUT2D eigenvalue weighted by molar-refractivity contribution is 5.60. The van der Waals surface area contributed by atoms with Crippen molar-refractivity contribution >= 4 is 6.16 Å². The largest absolute Gasteiger partial charge is 0.508 e. The van der Waals surface area contributed by atoms with E-state index >= 15 is 0 Å². The van der Waals surface area contributed by atoms with Gasteiger partial charge in [0.25, 0.3) is 0 Å². The SMILES string of the molecule is CCCCCC(OC(=O)OCC(CC)CCCC)C(CC)CCCC. The van der Waals surface area contributed by atoms with Crippen LogP contribution in [0.3, 0.4) is 0 Å². The highest BCUT2D eigenvalue weighted by Crippen LogP contribution is 2.24. The Morgan fingerprint density at radius 2 is 1.40 bits per heavy atom. The van der Waals surface area contributed by atoms with Crippen molar-refractivity contribution < 1.29 is 14.3 Å². The average Bonchev–Trinajstić information content (AvgIpc) is 2.62. The van der Waals surface area contributed by atoms with Crippen molar-refractivity contribution in [2.75, 3.05) is 6.61 Å². The van der Waals surface area contributed by atoms with E-state index in [4.69, 9.17) is 9.47 Å². The second kappa shape index (κ2) is 16.7. The summed E-state index contributed by atoms with van der Waals surface area (Å²) in [6.07, 6.45) is 13.3. The van der Waals surface area contributed by atoms with Crippen LogP contribution in [0, 0.1) is 11.8 Å². The monoisotopic (exact) mass is 356 g/mol. The highest BCUT2D eigenvalue weighted by atomic mass is 16.7. The van der Waals surface area contributed by atoms with Gasteiger partial charge in [-0.1, -0.05) is 79.6 Å². The number of rotatable bonds is 16. The summed E-state index contributed by atoms with van der Waals surface area (Å²) in [7, 11) is 0. The molecule has 0 bridgehead atoms. The van der Waals surface area contributed by atoms with Crippen molar-refractivity contribution in [3.05, 3.63) is 0 Å². The van der Waals surface area contributed by atoms with Crippen LogP contribution in [-0.4, -0.2) is 18.9 Å². The molecule has 0 spiro atoms. The summed E-state index contributed by atoms with van der Waals surface area (Å²) in [4.78, 5) is 12.2. The predicted molar refractivity (Wildman–Crippen MR) is 107 cm³/mol. The lowest BCUT2D eigenvalue weighted by Crippen LogP contribution is -2.28. The normalized spacial score (nSPS) is 14.8. The van der Waals surface area contributed by atoms with Crippen molar-refractivity contribution in [1.82, 2.24) is 0 Å². The first-order valence-electron chi connectivity index (χ1n) is 11.0. The minimum absolute atomic E-state index is 0.0197. The number of hydrogen-bond acceptors (Lipinski definition) is 3. The first-order valence-corrected chi connectivity index (χ1v) is 11.0. The van der Waals surface area contributed by atoms with Crippen molar-refractivity contribution in [3.63, 3.8) is 0 Å². The number of unbranched alkanes of at least 4 members (excludes halogenated alkanes) is 4. The van der Waals surface area contributed by atoms with Crippen LogP contribution in [0.2, 0.25) is 0 Å². The van der Waals surface area contributed by atoms with E-state index in [2.05, 4.69) is 34.6 Å². The molecule has 25 heavy (non-hydrogen) atoms. The second-order valence-electron chi connectivity index (χ2n) is 7.44. The topological polar surface area (TPSA) is 35.5 Å². The number of carbonyl (C=O) groups excluding carboxylic acids is 1. The lowest BCUT2D eigenvalue weighted by atomic mass is 9.90. The zero-order valence-corrected chi connectivity index (χ0v) is 17.6. The Hall–Kier alpha value is -0.730. The summed E-state index contributed by atoms with van der Waals surface area (Å²) in [6.45, 7) is 11.5. The molecule has 3 nitrogen and oxygen atoms in total. The molecule has 0 aromatic carbocycles. The summed E-state index contributed by atoms with van der Waals surface area (Å²) in [5.41, 5.74) is 0. The van der Waals surface area contributed by atoms with Crippen LogP contribution < -0.4 is 0 Å². The Balaban J connectivity index is 4.50. The smallest absolute Gasteiger partial charge is 0.434 e. The van der Waals surface area contributed by atoms with Crippen LogP contribution in [0.1, 0.15) is 112 Å². The van der Waals surface area contributed by atoms with Gasteiger partial charge in [0, 0.05) is 0 Å². The summed E-state index contributed by atoms with van der Waals surface area (Å²) in [5, 5.41) is 0. The minimum Gasteiger partial charge on any atom is -0.434 e. The molecule has 0 N–H and O–H groups in total. The molecule has 0 rings (SSSR count). The molecule has 0 saturated heterocycles. The van der Waals surface area contributed by atoms with Gasteiger partial charge < -0.3 is 9.47 Å². The Bertz CT molecular complexity index is 304. The fourth-order valence-corrected chi connectivity index (χ4v) is 3.35. The summed E-state index contributed by atoms with van der Waals surface area (Å²) in [6, 6.07) is 0. The van der Waals surface area contributed by atoms with Gasteiger partial charge in [-0.2, -0.15) is 0 Å². The third kappa shape index (κ3) is 12.3. The van der Waals surface area contributed by atoms with Crippen LogP contribution in [-0.2, 0) is 9.47 Å². The molecule has 0 aromatic rings. The molecule has 3 unspecified atom stereocenters. The average molecular weight is 357 g/mol. The first kappa shape index (κ1) is 24.3. The van der Waals surface area contributed by atoms with E-state index in [0.29, 0.717) is 18.4 Å². The van der Waals surface area contributed by atoms with E-state index in [9.17, 15) is 4.79 Å². The lowest BCUT2D eigenvalue weighted by molar-refractivity contribution is -0.0115. The molecule has 0 aliphatic heterocycles. The first-order chi connectivity index (χ1) is 12.1.